The molecule has 1 aromatic carbocycles. The Morgan fingerprint density at radius 1 is 1.26 bits per heavy atom. The van der Waals surface area contributed by atoms with Gasteiger partial charge in [-0.15, -0.1) is 0 Å². The van der Waals surface area contributed by atoms with Crippen LogP contribution in [0.1, 0.15) is 24.8 Å². The number of phenolic OH excluding ortho intramolecular Hbond substituents is 1. The van der Waals surface area contributed by atoms with Crippen LogP contribution >= 0.6 is 0 Å². The summed E-state index contributed by atoms with van der Waals surface area (Å²) in [6, 6.07) is 4.77. The molecule has 0 radical (unpaired) electrons. The summed E-state index contributed by atoms with van der Waals surface area (Å²) < 4.78 is 0. The van der Waals surface area contributed by atoms with Crippen molar-refractivity contribution in [3.05, 3.63) is 23.8 Å². The van der Waals surface area contributed by atoms with Crippen molar-refractivity contribution in [2.24, 2.45) is 11.8 Å². The molecular weight excluding hydrogens is 246 g/mol. The number of carbonyl (C=O) groups excluding carboxylic acids is 1. The molecule has 1 amide bonds. The third kappa shape index (κ3) is 2.86. The van der Waals surface area contributed by atoms with E-state index in [4.69, 9.17) is 5.11 Å². The van der Waals surface area contributed by atoms with E-state index in [2.05, 4.69) is 5.32 Å². The van der Waals surface area contributed by atoms with Crippen LogP contribution in [0.25, 0.3) is 0 Å². The van der Waals surface area contributed by atoms with E-state index >= 15 is 0 Å². The van der Waals surface area contributed by atoms with E-state index in [0.717, 1.165) is 6.42 Å². The number of benzene rings is 1. The maximum atomic E-state index is 12.1. The number of carbonyl (C=O) groups is 2. The number of hydrogen-bond acceptors (Lipinski definition) is 3. The fourth-order valence-corrected chi connectivity index (χ4v) is 2.54. The highest BCUT2D eigenvalue weighted by Crippen LogP contribution is 2.33. The van der Waals surface area contributed by atoms with Crippen LogP contribution < -0.4 is 5.32 Å². The number of carboxylic acid groups (broad SMARTS) is 1. The summed E-state index contributed by atoms with van der Waals surface area (Å²) in [5.41, 5.74) is 1.25. The monoisotopic (exact) mass is 263 g/mol. The molecule has 1 saturated carbocycles. The van der Waals surface area contributed by atoms with Crippen molar-refractivity contribution in [3.63, 3.8) is 0 Å². The lowest BCUT2D eigenvalue weighted by molar-refractivity contribution is -0.145. The SMILES string of the molecule is Cc1cc(NC(=O)[C@@H]2CCC[C@@H]2C(=O)O)ccc1O. The van der Waals surface area contributed by atoms with E-state index in [1.54, 1.807) is 19.1 Å². The van der Waals surface area contributed by atoms with Gasteiger partial charge in [-0.3, -0.25) is 9.59 Å². The number of aliphatic carboxylic acids is 1. The Hall–Kier alpha value is -2.04. The van der Waals surface area contributed by atoms with Crippen LogP contribution in [0.2, 0.25) is 0 Å². The van der Waals surface area contributed by atoms with Crippen LogP contribution in [0.15, 0.2) is 18.2 Å². The quantitative estimate of drug-likeness (QED) is 0.729. The molecule has 1 aliphatic rings. The Balaban J connectivity index is 2.08. The van der Waals surface area contributed by atoms with Crippen molar-refractivity contribution < 1.29 is 19.8 Å². The zero-order valence-corrected chi connectivity index (χ0v) is 10.7. The molecule has 2 atom stereocenters. The Labute approximate surface area is 111 Å². The highest BCUT2D eigenvalue weighted by molar-refractivity contribution is 5.95. The van der Waals surface area contributed by atoms with E-state index in [0.29, 0.717) is 24.1 Å². The summed E-state index contributed by atoms with van der Waals surface area (Å²) in [4.78, 5) is 23.1. The van der Waals surface area contributed by atoms with Crippen LogP contribution in [-0.4, -0.2) is 22.1 Å². The van der Waals surface area contributed by atoms with Gasteiger partial charge in [0, 0.05) is 5.69 Å². The summed E-state index contributed by atoms with van der Waals surface area (Å²) in [6.45, 7) is 1.74. The minimum absolute atomic E-state index is 0.169. The summed E-state index contributed by atoms with van der Waals surface area (Å²) in [5, 5.41) is 21.2. The van der Waals surface area contributed by atoms with Gasteiger partial charge in [0.25, 0.3) is 0 Å². The van der Waals surface area contributed by atoms with E-state index in [-0.39, 0.29) is 11.7 Å². The molecule has 5 heteroatoms. The normalized spacial score (nSPS) is 22.2. The maximum Gasteiger partial charge on any atom is 0.307 e. The summed E-state index contributed by atoms with van der Waals surface area (Å²) in [7, 11) is 0. The zero-order valence-electron chi connectivity index (χ0n) is 10.7. The number of aryl methyl sites for hydroxylation is 1. The van der Waals surface area contributed by atoms with Crippen molar-refractivity contribution in [2.75, 3.05) is 5.32 Å². The second kappa shape index (κ2) is 5.30. The van der Waals surface area contributed by atoms with Crippen LogP contribution in [0, 0.1) is 18.8 Å². The standard InChI is InChI=1S/C14H17NO4/c1-8-7-9(5-6-12(8)16)15-13(17)10-3-2-4-11(10)14(18)19/h5-7,10-11,16H,2-4H2,1H3,(H,15,17)(H,18,19)/t10-,11+/m1/s1. The number of anilines is 1. The average Bonchev–Trinajstić information content (AvgIpc) is 2.83. The van der Waals surface area contributed by atoms with Gasteiger partial charge in [0.05, 0.1) is 11.8 Å². The second-order valence-corrected chi connectivity index (χ2v) is 4.97. The van der Waals surface area contributed by atoms with Crippen molar-refractivity contribution in [3.8, 4) is 5.75 Å². The molecule has 0 spiro atoms. The summed E-state index contributed by atoms with van der Waals surface area (Å²) >= 11 is 0. The largest absolute Gasteiger partial charge is 0.508 e. The van der Waals surface area contributed by atoms with Crippen molar-refractivity contribution in [1.82, 2.24) is 0 Å². The number of amides is 1. The van der Waals surface area contributed by atoms with Crippen LogP contribution in [-0.2, 0) is 9.59 Å². The molecule has 0 unspecified atom stereocenters. The van der Waals surface area contributed by atoms with Gasteiger partial charge < -0.3 is 15.5 Å². The molecule has 0 saturated heterocycles. The lowest BCUT2D eigenvalue weighted by atomic mass is 9.95. The summed E-state index contributed by atoms with van der Waals surface area (Å²) in [5.74, 6) is -2.04. The molecular formula is C14H17NO4. The fraction of sp³-hybridized carbons (Fsp3) is 0.429. The molecule has 2 rings (SSSR count). The minimum Gasteiger partial charge on any atom is -0.508 e. The average molecular weight is 263 g/mol. The molecule has 0 bridgehead atoms. The molecule has 19 heavy (non-hydrogen) atoms. The smallest absolute Gasteiger partial charge is 0.307 e. The van der Waals surface area contributed by atoms with Crippen molar-refractivity contribution in [2.45, 2.75) is 26.2 Å². The first-order valence-corrected chi connectivity index (χ1v) is 6.32. The van der Waals surface area contributed by atoms with Crippen LogP contribution in [0.5, 0.6) is 5.75 Å². The number of aromatic hydroxyl groups is 1. The Morgan fingerprint density at radius 2 is 1.95 bits per heavy atom. The Morgan fingerprint density at radius 3 is 2.58 bits per heavy atom. The molecule has 0 aliphatic heterocycles. The van der Waals surface area contributed by atoms with Crippen LogP contribution in [0.3, 0.4) is 0 Å². The van der Waals surface area contributed by atoms with Gasteiger partial charge in [-0.25, -0.2) is 0 Å². The second-order valence-electron chi connectivity index (χ2n) is 4.97. The van der Waals surface area contributed by atoms with E-state index in [9.17, 15) is 14.7 Å². The first-order chi connectivity index (χ1) is 8.99. The van der Waals surface area contributed by atoms with Crippen molar-refractivity contribution >= 4 is 17.6 Å². The lowest BCUT2D eigenvalue weighted by Gasteiger charge is -2.16. The third-order valence-corrected chi connectivity index (χ3v) is 3.63. The van der Waals surface area contributed by atoms with Crippen molar-refractivity contribution in [1.29, 1.82) is 0 Å². The fourth-order valence-electron chi connectivity index (χ4n) is 2.54. The topological polar surface area (TPSA) is 86.6 Å². The zero-order chi connectivity index (χ0) is 14.0. The van der Waals surface area contributed by atoms with Gasteiger partial charge in [-0.05, 0) is 43.5 Å². The third-order valence-electron chi connectivity index (χ3n) is 3.63. The molecule has 0 aromatic heterocycles. The number of phenols is 1. The predicted molar refractivity (Wildman–Crippen MR) is 69.9 cm³/mol. The van der Waals surface area contributed by atoms with Gasteiger partial charge in [0.15, 0.2) is 0 Å². The first kappa shape index (κ1) is 13.4. The molecule has 0 heterocycles. The van der Waals surface area contributed by atoms with Gasteiger partial charge in [0.1, 0.15) is 5.75 Å². The first-order valence-electron chi connectivity index (χ1n) is 6.32. The molecule has 1 fully saturated rings. The van der Waals surface area contributed by atoms with E-state index in [1.165, 1.54) is 6.07 Å². The highest BCUT2D eigenvalue weighted by atomic mass is 16.4. The van der Waals surface area contributed by atoms with Crippen LogP contribution in [0.4, 0.5) is 5.69 Å². The van der Waals surface area contributed by atoms with Gasteiger partial charge in [0.2, 0.25) is 5.91 Å². The molecule has 102 valence electrons. The minimum atomic E-state index is -0.903. The Bertz CT molecular complexity index is 512. The maximum absolute atomic E-state index is 12.1. The predicted octanol–water partition coefficient (Wildman–Crippen LogP) is 2.14. The van der Waals surface area contributed by atoms with Gasteiger partial charge in [-0.1, -0.05) is 6.42 Å². The Kier molecular flexibility index (Phi) is 3.74. The lowest BCUT2D eigenvalue weighted by Crippen LogP contribution is -2.29. The van der Waals surface area contributed by atoms with Gasteiger partial charge in [-0.2, -0.15) is 0 Å². The molecule has 3 N–H and O–H groups in total. The van der Waals surface area contributed by atoms with Gasteiger partial charge >= 0.3 is 5.97 Å². The van der Waals surface area contributed by atoms with E-state index < -0.39 is 17.8 Å². The number of hydrogen-bond donors (Lipinski definition) is 3. The number of rotatable bonds is 3. The highest BCUT2D eigenvalue weighted by Gasteiger charge is 2.37. The number of carboxylic acids is 1. The summed E-state index contributed by atoms with van der Waals surface area (Å²) in [6.07, 6.45) is 1.94. The molecule has 1 aliphatic carbocycles. The molecule has 5 nitrogen and oxygen atoms in total. The van der Waals surface area contributed by atoms with E-state index in [1.807, 2.05) is 0 Å². The molecule has 1 aromatic rings. The number of nitrogens with one attached hydrogen (secondary N) is 1.